The molecule has 0 unspecified atom stereocenters. The number of rotatable bonds is 12. The molecule has 230 valence electrons. The standard InChI is InChI=1S/C25H36N6O4S.C3H8.CH4O/c1-7-10-18-20(16-26)30(6)23-22(18)27-24(28-25(23)32)19-15-17(11-12-21(19)35-9-3)36(33,34)31(8-2)14-13-29(4)5;1-3-2;1-2/h11-12,15-16,26H,7-10,13-14H2,1-6H3,(H,27,28,32);3H2,1-2H3;2H,1H3. The molecule has 0 saturated carbocycles. The van der Waals surface area contributed by atoms with E-state index in [1.807, 2.05) is 32.8 Å². The van der Waals surface area contributed by atoms with Crippen LogP contribution >= 0.6 is 0 Å². The molecule has 0 radical (unpaired) electrons. The van der Waals surface area contributed by atoms with Crippen molar-refractivity contribution in [1.82, 2.24) is 23.7 Å². The first-order valence-corrected chi connectivity index (χ1v) is 15.4. The van der Waals surface area contributed by atoms with Crippen LogP contribution in [0.25, 0.3) is 22.4 Å². The molecule has 2 heterocycles. The van der Waals surface area contributed by atoms with E-state index in [0.29, 0.717) is 60.7 Å². The summed E-state index contributed by atoms with van der Waals surface area (Å²) in [5, 5.41) is 14.8. The molecule has 0 saturated heterocycles. The summed E-state index contributed by atoms with van der Waals surface area (Å²) in [6, 6.07) is 4.65. The Morgan fingerprint density at radius 2 is 1.76 bits per heavy atom. The number of fused-ring (bicyclic) bond motifs is 1. The average Bonchev–Trinajstić information content (AvgIpc) is 3.21. The van der Waals surface area contributed by atoms with Gasteiger partial charge >= 0.3 is 0 Å². The Labute approximate surface area is 244 Å². The lowest BCUT2D eigenvalue weighted by Gasteiger charge is -2.23. The molecule has 41 heavy (non-hydrogen) atoms. The van der Waals surface area contributed by atoms with Crippen molar-refractivity contribution in [2.24, 2.45) is 7.05 Å². The molecule has 0 aliphatic carbocycles. The third-order valence-electron chi connectivity index (χ3n) is 6.12. The summed E-state index contributed by atoms with van der Waals surface area (Å²) in [4.78, 5) is 22.8. The summed E-state index contributed by atoms with van der Waals surface area (Å²) >= 11 is 0. The van der Waals surface area contributed by atoms with Gasteiger partial charge in [0.1, 0.15) is 22.6 Å². The fraction of sp³-hybridized carbons (Fsp3) is 0.552. The van der Waals surface area contributed by atoms with Gasteiger partial charge in [0, 0.05) is 45.6 Å². The minimum atomic E-state index is -3.79. The number of hydrogen-bond acceptors (Lipinski definition) is 8. The fourth-order valence-electron chi connectivity index (χ4n) is 4.29. The molecule has 0 fully saturated rings. The molecule has 0 aliphatic rings. The summed E-state index contributed by atoms with van der Waals surface area (Å²) in [6.45, 7) is 11.6. The first-order chi connectivity index (χ1) is 19.5. The van der Waals surface area contributed by atoms with Gasteiger partial charge in [-0.25, -0.2) is 13.4 Å². The van der Waals surface area contributed by atoms with Crippen LogP contribution in [-0.2, 0) is 23.5 Å². The molecule has 0 bridgehead atoms. The zero-order valence-electron chi connectivity index (χ0n) is 26.0. The largest absolute Gasteiger partial charge is 0.493 e. The number of aliphatic hydroxyl groups excluding tert-OH is 1. The van der Waals surface area contributed by atoms with Crippen LogP contribution in [0.5, 0.6) is 5.75 Å². The highest BCUT2D eigenvalue weighted by Gasteiger charge is 2.26. The Morgan fingerprint density at radius 1 is 1.12 bits per heavy atom. The molecule has 3 N–H and O–H groups in total. The zero-order chi connectivity index (χ0) is 31.3. The van der Waals surface area contributed by atoms with Crippen molar-refractivity contribution in [2.75, 3.05) is 47.4 Å². The molecular weight excluding hydrogens is 544 g/mol. The summed E-state index contributed by atoms with van der Waals surface area (Å²) in [5.74, 6) is 0.652. The lowest BCUT2D eigenvalue weighted by atomic mass is 10.1. The third-order valence-corrected chi connectivity index (χ3v) is 8.09. The number of hydrogen-bond donors (Lipinski definition) is 3. The first kappa shape index (κ1) is 36.0. The van der Waals surface area contributed by atoms with Crippen LogP contribution in [0.3, 0.4) is 0 Å². The Morgan fingerprint density at radius 3 is 2.27 bits per heavy atom. The van der Waals surface area contributed by atoms with E-state index in [1.165, 1.54) is 29.1 Å². The predicted octanol–water partition coefficient (Wildman–Crippen LogP) is 3.87. The van der Waals surface area contributed by atoms with Gasteiger partial charge in [-0.3, -0.25) is 4.79 Å². The van der Waals surface area contributed by atoms with Crippen LogP contribution < -0.4 is 10.3 Å². The maximum atomic E-state index is 13.5. The van der Waals surface area contributed by atoms with Crippen LogP contribution in [0.1, 0.15) is 58.7 Å². The Bertz CT molecular complexity index is 1430. The minimum Gasteiger partial charge on any atom is -0.493 e. The van der Waals surface area contributed by atoms with E-state index in [-0.39, 0.29) is 16.3 Å². The third kappa shape index (κ3) is 8.48. The topological polar surface area (TPSA) is 145 Å². The van der Waals surface area contributed by atoms with Crippen molar-refractivity contribution in [3.05, 3.63) is 39.8 Å². The molecule has 3 aromatic rings. The van der Waals surface area contributed by atoms with Gasteiger partial charge in [-0.05, 0) is 45.6 Å². The number of likely N-dealkylation sites (N-methyl/N-ethyl adjacent to an activating group) is 2. The highest BCUT2D eigenvalue weighted by molar-refractivity contribution is 7.89. The Hall–Kier alpha value is -3.06. The molecule has 0 spiro atoms. The lowest BCUT2D eigenvalue weighted by molar-refractivity contribution is 0.339. The van der Waals surface area contributed by atoms with E-state index in [4.69, 9.17) is 20.2 Å². The van der Waals surface area contributed by atoms with Gasteiger partial charge in [0.25, 0.3) is 5.56 Å². The molecule has 11 nitrogen and oxygen atoms in total. The number of benzene rings is 1. The lowest BCUT2D eigenvalue weighted by Crippen LogP contribution is -2.36. The van der Waals surface area contributed by atoms with E-state index in [2.05, 4.69) is 18.8 Å². The highest BCUT2D eigenvalue weighted by Crippen LogP contribution is 2.33. The number of H-pyrrole nitrogens is 1. The Kier molecular flexibility index (Phi) is 14.9. The van der Waals surface area contributed by atoms with Gasteiger partial charge in [0.05, 0.1) is 22.8 Å². The summed E-state index contributed by atoms with van der Waals surface area (Å²) in [5.41, 5.74) is 2.36. The van der Waals surface area contributed by atoms with Gasteiger partial charge in [-0.2, -0.15) is 4.31 Å². The van der Waals surface area contributed by atoms with E-state index in [1.54, 1.807) is 24.6 Å². The summed E-state index contributed by atoms with van der Waals surface area (Å²) < 4.78 is 35.9. The molecule has 12 heteroatoms. The molecule has 3 rings (SSSR count). The SMILES string of the molecule is CCC.CCCc1c(C=N)n(C)c2c(=O)[nH]c(-c3cc(S(=O)(=O)N(CC)CCN(C)C)ccc3OCC)nc12.CO. The second kappa shape index (κ2) is 17.0. The van der Waals surface area contributed by atoms with Crippen molar-refractivity contribution in [3.8, 4) is 17.1 Å². The molecule has 0 amide bonds. The fourth-order valence-corrected chi connectivity index (χ4v) is 5.75. The number of aliphatic hydroxyl groups is 1. The number of aromatic nitrogens is 3. The second-order valence-corrected chi connectivity index (χ2v) is 11.5. The number of sulfonamides is 1. The van der Waals surface area contributed by atoms with E-state index in [9.17, 15) is 13.2 Å². The monoisotopic (exact) mass is 592 g/mol. The predicted molar refractivity (Wildman–Crippen MR) is 167 cm³/mol. The van der Waals surface area contributed by atoms with Gasteiger partial charge in [0.2, 0.25) is 10.0 Å². The smallest absolute Gasteiger partial charge is 0.275 e. The van der Waals surface area contributed by atoms with E-state index in [0.717, 1.165) is 19.1 Å². The van der Waals surface area contributed by atoms with Crippen molar-refractivity contribution in [1.29, 1.82) is 5.41 Å². The maximum Gasteiger partial charge on any atom is 0.275 e. The zero-order valence-corrected chi connectivity index (χ0v) is 26.9. The van der Waals surface area contributed by atoms with E-state index >= 15 is 0 Å². The van der Waals surface area contributed by atoms with Gasteiger partial charge < -0.3 is 29.7 Å². The normalized spacial score (nSPS) is 11.2. The maximum absolute atomic E-state index is 13.5. The van der Waals surface area contributed by atoms with Gasteiger partial charge in [-0.15, -0.1) is 0 Å². The number of nitrogens with one attached hydrogen (secondary N) is 2. The van der Waals surface area contributed by atoms with Gasteiger partial charge in [-0.1, -0.05) is 40.5 Å². The van der Waals surface area contributed by atoms with Crippen LogP contribution in [-0.4, -0.2) is 90.9 Å². The highest BCUT2D eigenvalue weighted by atomic mass is 32.2. The number of aromatic amines is 1. The summed E-state index contributed by atoms with van der Waals surface area (Å²) in [7, 11) is 2.75. The van der Waals surface area contributed by atoms with Crippen molar-refractivity contribution < 1.29 is 18.3 Å². The summed E-state index contributed by atoms with van der Waals surface area (Å²) in [6.07, 6.45) is 3.96. The molecular formula is C29H48N6O5S. The number of nitrogens with zero attached hydrogens (tertiary/aromatic N) is 4. The van der Waals surface area contributed by atoms with Crippen molar-refractivity contribution in [2.45, 2.75) is 58.8 Å². The molecule has 2 aromatic heterocycles. The van der Waals surface area contributed by atoms with Crippen LogP contribution in [0.4, 0.5) is 0 Å². The van der Waals surface area contributed by atoms with Crippen LogP contribution in [0, 0.1) is 5.41 Å². The first-order valence-electron chi connectivity index (χ1n) is 14.0. The van der Waals surface area contributed by atoms with E-state index < -0.39 is 10.0 Å². The quantitative estimate of drug-likeness (QED) is 0.271. The second-order valence-electron chi connectivity index (χ2n) is 9.53. The number of ether oxygens (including phenoxy) is 1. The van der Waals surface area contributed by atoms with Crippen LogP contribution in [0.2, 0.25) is 0 Å². The van der Waals surface area contributed by atoms with Crippen LogP contribution in [0.15, 0.2) is 27.9 Å². The van der Waals surface area contributed by atoms with Gasteiger partial charge in [0.15, 0.2) is 0 Å². The van der Waals surface area contributed by atoms with Crippen molar-refractivity contribution in [3.63, 3.8) is 0 Å². The molecule has 1 aromatic carbocycles. The number of aryl methyl sites for hydroxylation is 2. The molecule has 0 atom stereocenters. The van der Waals surface area contributed by atoms with Crippen molar-refractivity contribution >= 4 is 27.3 Å². The minimum absolute atomic E-state index is 0.103. The average molecular weight is 593 g/mol. The molecule has 0 aliphatic heterocycles. The Balaban J connectivity index is 0.00000157.